The summed E-state index contributed by atoms with van der Waals surface area (Å²) in [5.41, 5.74) is 0.850. The maximum absolute atomic E-state index is 12.8. The highest BCUT2D eigenvalue weighted by Crippen LogP contribution is 2.28. The molecule has 0 bridgehead atoms. The number of hydrogen-bond donors (Lipinski definition) is 2. The maximum atomic E-state index is 12.8. The van der Waals surface area contributed by atoms with Gasteiger partial charge in [0.1, 0.15) is 4.90 Å². The van der Waals surface area contributed by atoms with E-state index in [1.165, 1.54) is 17.4 Å². The molecular weight excluding hydrogens is 430 g/mol. The van der Waals surface area contributed by atoms with Crippen LogP contribution in [0.4, 0.5) is 5.13 Å². The fourth-order valence-corrected chi connectivity index (χ4v) is 5.49. The molecule has 162 valence electrons. The fraction of sp³-hybridized carbons (Fsp3) is 0.550. The van der Waals surface area contributed by atoms with Crippen LogP contribution in [0.15, 0.2) is 28.5 Å². The Morgan fingerprint density at radius 1 is 1.28 bits per heavy atom. The van der Waals surface area contributed by atoms with Crippen LogP contribution in [0.5, 0.6) is 0 Å². The quantitative estimate of drug-likeness (QED) is 0.526. The van der Waals surface area contributed by atoms with Gasteiger partial charge in [-0.25, -0.2) is 13.4 Å². The molecule has 0 saturated heterocycles. The second-order valence-corrected chi connectivity index (χ2v) is 10.4. The Bertz CT molecular complexity index is 909. The molecule has 0 aliphatic carbocycles. The van der Waals surface area contributed by atoms with Crippen molar-refractivity contribution in [3.05, 3.63) is 39.9 Å². The van der Waals surface area contributed by atoms with Crippen molar-refractivity contribution in [3.8, 4) is 0 Å². The van der Waals surface area contributed by atoms with E-state index in [-0.39, 0.29) is 15.0 Å². The van der Waals surface area contributed by atoms with Crippen LogP contribution in [0.3, 0.4) is 0 Å². The zero-order chi connectivity index (χ0) is 21.7. The summed E-state index contributed by atoms with van der Waals surface area (Å²) in [5.74, 6) is 0. The van der Waals surface area contributed by atoms with Gasteiger partial charge in [0.25, 0.3) is 10.0 Å². The van der Waals surface area contributed by atoms with Crippen LogP contribution >= 0.6 is 22.9 Å². The van der Waals surface area contributed by atoms with E-state index in [4.69, 9.17) is 11.6 Å². The van der Waals surface area contributed by atoms with Gasteiger partial charge < -0.3 is 10.0 Å². The first kappa shape index (κ1) is 24.1. The lowest BCUT2D eigenvalue weighted by atomic mass is 9.92. The van der Waals surface area contributed by atoms with Crippen LogP contribution in [0.25, 0.3) is 0 Å². The van der Waals surface area contributed by atoms with Gasteiger partial charge in [0.15, 0.2) is 5.13 Å². The first-order valence-corrected chi connectivity index (χ1v) is 12.5. The number of anilines is 1. The molecule has 0 amide bonds. The smallest absolute Gasteiger partial charge is 0.265 e. The lowest BCUT2D eigenvalue weighted by molar-refractivity contribution is 0.0319. The van der Waals surface area contributed by atoms with Gasteiger partial charge in [0.2, 0.25) is 0 Å². The highest BCUT2D eigenvalue weighted by molar-refractivity contribution is 7.93. The highest BCUT2D eigenvalue weighted by atomic mass is 35.5. The minimum Gasteiger partial charge on any atom is -0.390 e. The van der Waals surface area contributed by atoms with Crippen molar-refractivity contribution < 1.29 is 13.5 Å². The number of thiazole rings is 1. The molecule has 0 aliphatic rings. The minimum atomic E-state index is -3.84. The van der Waals surface area contributed by atoms with Crippen LogP contribution in [-0.4, -0.2) is 49.6 Å². The molecular formula is C20H30ClN3O3S2. The van der Waals surface area contributed by atoms with Gasteiger partial charge in [0, 0.05) is 11.8 Å². The molecule has 0 radical (unpaired) electrons. The van der Waals surface area contributed by atoms with Crippen molar-refractivity contribution in [3.63, 3.8) is 0 Å². The Kier molecular flexibility index (Phi) is 8.48. The number of hydrogen-bond acceptors (Lipinski definition) is 6. The molecule has 0 fully saturated rings. The number of sulfonamides is 1. The third-order valence-corrected chi connectivity index (χ3v) is 7.71. The van der Waals surface area contributed by atoms with E-state index >= 15 is 0 Å². The Morgan fingerprint density at radius 2 is 1.97 bits per heavy atom. The second-order valence-electron chi connectivity index (χ2n) is 7.53. The number of nitrogens with zero attached hydrogens (tertiary/aromatic N) is 2. The van der Waals surface area contributed by atoms with Gasteiger partial charge in [-0.2, -0.15) is 0 Å². The van der Waals surface area contributed by atoms with Crippen LogP contribution in [0, 0.1) is 0 Å². The average molecular weight is 460 g/mol. The molecule has 0 unspecified atom stereocenters. The van der Waals surface area contributed by atoms with Crippen LogP contribution in [-0.2, 0) is 22.9 Å². The molecule has 2 rings (SSSR count). The third kappa shape index (κ3) is 6.93. The van der Waals surface area contributed by atoms with Gasteiger partial charge in [-0.3, -0.25) is 4.72 Å². The Labute approximate surface area is 183 Å². The molecule has 9 heteroatoms. The van der Waals surface area contributed by atoms with E-state index in [0.717, 1.165) is 24.9 Å². The summed E-state index contributed by atoms with van der Waals surface area (Å²) in [6.45, 7) is 4.80. The summed E-state index contributed by atoms with van der Waals surface area (Å²) in [4.78, 5) is 6.47. The van der Waals surface area contributed by atoms with E-state index in [0.29, 0.717) is 25.0 Å². The lowest BCUT2D eigenvalue weighted by Crippen LogP contribution is -2.29. The van der Waals surface area contributed by atoms with E-state index in [9.17, 15) is 13.5 Å². The summed E-state index contributed by atoms with van der Waals surface area (Å²) >= 11 is 7.47. The summed E-state index contributed by atoms with van der Waals surface area (Å²) in [5, 5.41) is 12.7. The molecule has 0 saturated carbocycles. The summed E-state index contributed by atoms with van der Waals surface area (Å²) in [6, 6.07) is 5.05. The van der Waals surface area contributed by atoms with Crippen molar-refractivity contribution in [1.29, 1.82) is 0 Å². The summed E-state index contributed by atoms with van der Waals surface area (Å²) in [7, 11) is 0.194. The third-order valence-electron chi connectivity index (χ3n) is 4.96. The first-order chi connectivity index (χ1) is 13.6. The molecule has 1 heterocycles. The highest BCUT2D eigenvalue weighted by Gasteiger charge is 2.25. The predicted octanol–water partition coefficient (Wildman–Crippen LogP) is 4.19. The topological polar surface area (TPSA) is 82.5 Å². The van der Waals surface area contributed by atoms with Crippen LogP contribution in [0.2, 0.25) is 5.02 Å². The van der Waals surface area contributed by atoms with Crippen LogP contribution < -0.4 is 4.72 Å². The number of aryl methyl sites for hydroxylation is 1. The summed E-state index contributed by atoms with van der Waals surface area (Å²) < 4.78 is 28.0. The Hall–Kier alpha value is -1.19. The number of rotatable bonds is 11. The minimum absolute atomic E-state index is 0.0332. The Morgan fingerprint density at radius 3 is 2.55 bits per heavy atom. The van der Waals surface area contributed by atoms with Gasteiger partial charge in [-0.15, -0.1) is 11.3 Å². The number of nitrogens with one attached hydrogen (secondary N) is 1. The molecule has 2 aromatic rings. The maximum Gasteiger partial charge on any atom is 0.265 e. The van der Waals surface area contributed by atoms with Crippen molar-refractivity contribution in [2.75, 3.05) is 25.4 Å². The van der Waals surface area contributed by atoms with E-state index in [1.54, 1.807) is 17.5 Å². The second kappa shape index (κ2) is 10.2. The first-order valence-electron chi connectivity index (χ1n) is 9.71. The largest absolute Gasteiger partial charge is 0.390 e. The molecule has 29 heavy (non-hydrogen) atoms. The predicted molar refractivity (Wildman–Crippen MR) is 120 cm³/mol. The molecule has 1 aromatic carbocycles. The normalized spacial score (nSPS) is 12.5. The number of benzene rings is 1. The van der Waals surface area contributed by atoms with Gasteiger partial charge in [0.05, 0.1) is 16.3 Å². The monoisotopic (exact) mass is 459 g/mol. The van der Waals surface area contributed by atoms with Gasteiger partial charge in [-0.05, 0) is 64.0 Å². The molecule has 0 spiro atoms. The molecule has 0 atom stereocenters. The zero-order valence-electron chi connectivity index (χ0n) is 17.4. The number of aliphatic hydroxyl groups is 1. The number of aromatic nitrogens is 1. The van der Waals surface area contributed by atoms with Crippen molar-refractivity contribution in [1.82, 2.24) is 9.88 Å². The molecule has 0 aliphatic heterocycles. The molecule has 6 nitrogen and oxygen atoms in total. The zero-order valence-corrected chi connectivity index (χ0v) is 19.8. The molecule has 2 N–H and O–H groups in total. The average Bonchev–Trinajstić information content (AvgIpc) is 3.06. The van der Waals surface area contributed by atoms with Crippen LogP contribution in [0.1, 0.15) is 44.4 Å². The van der Waals surface area contributed by atoms with Crippen molar-refractivity contribution >= 4 is 38.1 Å². The van der Waals surface area contributed by atoms with E-state index in [1.807, 2.05) is 27.9 Å². The molecule has 1 aromatic heterocycles. The summed E-state index contributed by atoms with van der Waals surface area (Å²) in [6.07, 6.45) is 3.41. The standard InChI is InChI=1S/C20H30ClN3O3S2/c1-5-20(25,6-2)13-16-14-28-19(22-16)23-29(26,27)18-10-9-15(12-17(18)21)8-7-11-24(3)4/h9-10,12,14,25H,5-8,11,13H2,1-4H3,(H,22,23). The van der Waals surface area contributed by atoms with E-state index in [2.05, 4.69) is 14.6 Å². The Balaban J connectivity index is 2.10. The van der Waals surface area contributed by atoms with Crippen molar-refractivity contribution in [2.24, 2.45) is 0 Å². The van der Waals surface area contributed by atoms with Gasteiger partial charge >= 0.3 is 0 Å². The van der Waals surface area contributed by atoms with Gasteiger partial charge in [-0.1, -0.05) is 31.5 Å². The fourth-order valence-electron chi connectivity index (χ4n) is 2.96. The van der Waals surface area contributed by atoms with E-state index < -0.39 is 15.6 Å². The lowest BCUT2D eigenvalue weighted by Gasteiger charge is -2.23. The SMILES string of the molecule is CCC(O)(CC)Cc1csc(NS(=O)(=O)c2ccc(CCCN(C)C)cc2Cl)n1. The van der Waals surface area contributed by atoms with Crippen molar-refractivity contribution in [2.45, 2.75) is 56.4 Å². The number of halogens is 1.